The van der Waals surface area contributed by atoms with Crippen molar-refractivity contribution in [3.8, 4) is 11.5 Å². The molecule has 1 atom stereocenters. The van der Waals surface area contributed by atoms with Gasteiger partial charge in [-0.15, -0.1) is 0 Å². The summed E-state index contributed by atoms with van der Waals surface area (Å²) in [6.07, 6.45) is 0. The Morgan fingerprint density at radius 2 is 1.84 bits per heavy atom. The van der Waals surface area contributed by atoms with Crippen LogP contribution in [0.5, 0.6) is 11.5 Å². The Bertz CT molecular complexity index is 602. The molecule has 0 fully saturated rings. The van der Waals surface area contributed by atoms with Crippen molar-refractivity contribution in [2.24, 2.45) is 0 Å². The van der Waals surface area contributed by atoms with Crippen molar-refractivity contribution in [3.63, 3.8) is 0 Å². The van der Waals surface area contributed by atoms with Crippen LogP contribution in [-0.2, 0) is 0 Å². The second kappa shape index (κ2) is 4.76. The molecule has 1 heterocycles. The fourth-order valence-corrected chi connectivity index (χ4v) is 2.32. The number of carbonyl (C=O) groups excluding carboxylic acids is 1. The summed E-state index contributed by atoms with van der Waals surface area (Å²) in [4.78, 5) is 12.5. The first-order valence-corrected chi connectivity index (χ1v) is 6.19. The predicted molar refractivity (Wildman–Crippen MR) is 72.0 cm³/mol. The van der Waals surface area contributed by atoms with Crippen LogP contribution >= 0.6 is 0 Å². The van der Waals surface area contributed by atoms with Crippen LogP contribution in [0.2, 0.25) is 0 Å². The number of rotatable bonds is 2. The molecule has 0 spiro atoms. The Morgan fingerprint density at radius 1 is 1.11 bits per heavy atom. The third-order valence-electron chi connectivity index (χ3n) is 3.39. The summed E-state index contributed by atoms with van der Waals surface area (Å²) in [5, 5.41) is 0. The molecule has 0 saturated heterocycles. The first-order chi connectivity index (χ1) is 9.29. The number of ketones is 1. The SMILES string of the molecule is COc1ccc([C@H]2COc3ccccc3C2=O)cc1. The number of benzene rings is 2. The van der Waals surface area contributed by atoms with Gasteiger partial charge in [-0.3, -0.25) is 4.79 Å². The standard InChI is InChI=1S/C16H14O3/c1-18-12-8-6-11(7-9-12)14-10-19-15-5-3-2-4-13(15)16(14)17/h2-9,14H,10H2,1H3/t14-/m1/s1. The van der Waals surface area contributed by atoms with Gasteiger partial charge < -0.3 is 9.47 Å². The van der Waals surface area contributed by atoms with Crippen LogP contribution in [0.4, 0.5) is 0 Å². The second-order valence-electron chi connectivity index (χ2n) is 4.50. The molecule has 0 bridgehead atoms. The van der Waals surface area contributed by atoms with Crippen LogP contribution in [-0.4, -0.2) is 19.5 Å². The number of hydrogen-bond acceptors (Lipinski definition) is 3. The number of methoxy groups -OCH3 is 1. The minimum Gasteiger partial charge on any atom is -0.497 e. The van der Waals surface area contributed by atoms with E-state index in [-0.39, 0.29) is 11.7 Å². The topological polar surface area (TPSA) is 35.5 Å². The van der Waals surface area contributed by atoms with Crippen molar-refractivity contribution in [3.05, 3.63) is 59.7 Å². The van der Waals surface area contributed by atoms with Crippen molar-refractivity contribution in [1.29, 1.82) is 0 Å². The zero-order chi connectivity index (χ0) is 13.2. The fraction of sp³-hybridized carbons (Fsp3) is 0.188. The molecule has 2 aromatic rings. The number of fused-ring (bicyclic) bond motifs is 1. The number of Topliss-reactive ketones (excluding diaryl/α,β-unsaturated/α-hetero) is 1. The Kier molecular flexibility index (Phi) is 2.95. The smallest absolute Gasteiger partial charge is 0.177 e. The van der Waals surface area contributed by atoms with Crippen LogP contribution in [0.25, 0.3) is 0 Å². The van der Waals surface area contributed by atoms with Gasteiger partial charge in [-0.2, -0.15) is 0 Å². The van der Waals surface area contributed by atoms with E-state index in [0.717, 1.165) is 11.3 Å². The molecule has 0 radical (unpaired) electrons. The summed E-state index contributed by atoms with van der Waals surface area (Å²) in [5.41, 5.74) is 1.62. The zero-order valence-corrected chi connectivity index (χ0v) is 10.6. The molecule has 0 aromatic heterocycles. The number of hydrogen-bond donors (Lipinski definition) is 0. The van der Waals surface area contributed by atoms with Gasteiger partial charge in [0.15, 0.2) is 5.78 Å². The highest BCUT2D eigenvalue weighted by molar-refractivity contribution is 6.04. The van der Waals surface area contributed by atoms with E-state index in [1.165, 1.54) is 0 Å². The quantitative estimate of drug-likeness (QED) is 0.826. The van der Waals surface area contributed by atoms with Crippen LogP contribution in [0.1, 0.15) is 21.8 Å². The Balaban J connectivity index is 1.93. The Morgan fingerprint density at radius 3 is 2.58 bits per heavy atom. The van der Waals surface area contributed by atoms with Gasteiger partial charge in [0, 0.05) is 0 Å². The lowest BCUT2D eigenvalue weighted by Crippen LogP contribution is -2.25. The molecule has 2 aromatic carbocycles. The van der Waals surface area contributed by atoms with Gasteiger partial charge in [-0.05, 0) is 29.8 Å². The average molecular weight is 254 g/mol. The molecule has 0 aliphatic carbocycles. The Labute approximate surface area is 111 Å². The lowest BCUT2D eigenvalue weighted by molar-refractivity contribution is 0.0896. The van der Waals surface area contributed by atoms with E-state index < -0.39 is 0 Å². The third kappa shape index (κ3) is 2.08. The summed E-state index contributed by atoms with van der Waals surface area (Å²) in [7, 11) is 1.63. The van der Waals surface area contributed by atoms with Crippen LogP contribution in [0.15, 0.2) is 48.5 Å². The summed E-state index contributed by atoms with van der Waals surface area (Å²) in [6, 6.07) is 14.9. The minimum absolute atomic E-state index is 0.118. The molecule has 0 N–H and O–H groups in total. The summed E-state index contributed by atoms with van der Waals surface area (Å²) >= 11 is 0. The molecular weight excluding hydrogens is 240 g/mol. The highest BCUT2D eigenvalue weighted by Crippen LogP contribution is 2.32. The summed E-state index contributed by atoms with van der Waals surface area (Å²) in [6.45, 7) is 0.391. The van der Waals surface area contributed by atoms with Gasteiger partial charge in [0.05, 0.1) is 18.6 Å². The van der Waals surface area contributed by atoms with E-state index in [2.05, 4.69) is 0 Å². The minimum atomic E-state index is -0.235. The van der Waals surface area contributed by atoms with Crippen LogP contribution < -0.4 is 9.47 Å². The molecule has 0 unspecified atom stereocenters. The van der Waals surface area contributed by atoms with Gasteiger partial charge >= 0.3 is 0 Å². The zero-order valence-electron chi connectivity index (χ0n) is 10.6. The maximum Gasteiger partial charge on any atom is 0.177 e. The van der Waals surface area contributed by atoms with Crippen molar-refractivity contribution in [2.75, 3.05) is 13.7 Å². The monoisotopic (exact) mass is 254 g/mol. The maximum absolute atomic E-state index is 12.5. The first kappa shape index (κ1) is 11.8. The normalized spacial score (nSPS) is 17.5. The number of para-hydroxylation sites is 1. The Hall–Kier alpha value is -2.29. The highest BCUT2D eigenvalue weighted by atomic mass is 16.5. The number of ether oxygens (including phenoxy) is 2. The molecule has 0 amide bonds. The molecule has 3 heteroatoms. The number of carbonyl (C=O) groups is 1. The molecule has 1 aliphatic rings. The van der Waals surface area contributed by atoms with Gasteiger partial charge in [-0.25, -0.2) is 0 Å². The maximum atomic E-state index is 12.5. The summed E-state index contributed by atoms with van der Waals surface area (Å²) in [5.74, 6) is 1.35. The molecular formula is C16H14O3. The van der Waals surface area contributed by atoms with Crippen LogP contribution in [0.3, 0.4) is 0 Å². The van der Waals surface area contributed by atoms with Gasteiger partial charge in [0.1, 0.15) is 18.1 Å². The lowest BCUT2D eigenvalue weighted by atomic mass is 9.89. The lowest BCUT2D eigenvalue weighted by Gasteiger charge is -2.24. The van der Waals surface area contributed by atoms with Gasteiger partial charge in [0.25, 0.3) is 0 Å². The largest absolute Gasteiger partial charge is 0.497 e. The van der Waals surface area contributed by atoms with E-state index in [1.54, 1.807) is 7.11 Å². The summed E-state index contributed by atoms with van der Waals surface area (Å²) < 4.78 is 10.8. The van der Waals surface area contributed by atoms with E-state index in [9.17, 15) is 4.79 Å². The third-order valence-corrected chi connectivity index (χ3v) is 3.39. The molecule has 19 heavy (non-hydrogen) atoms. The van der Waals surface area contributed by atoms with E-state index in [0.29, 0.717) is 17.9 Å². The van der Waals surface area contributed by atoms with E-state index in [4.69, 9.17) is 9.47 Å². The first-order valence-electron chi connectivity index (χ1n) is 6.19. The van der Waals surface area contributed by atoms with Crippen molar-refractivity contribution in [2.45, 2.75) is 5.92 Å². The molecule has 1 aliphatic heterocycles. The fourth-order valence-electron chi connectivity index (χ4n) is 2.32. The average Bonchev–Trinajstić information content (AvgIpc) is 2.48. The molecule has 3 nitrogen and oxygen atoms in total. The van der Waals surface area contributed by atoms with E-state index in [1.807, 2.05) is 48.5 Å². The highest BCUT2D eigenvalue weighted by Gasteiger charge is 2.29. The molecule has 0 saturated carbocycles. The van der Waals surface area contributed by atoms with Crippen molar-refractivity contribution < 1.29 is 14.3 Å². The van der Waals surface area contributed by atoms with Crippen LogP contribution in [0, 0.1) is 0 Å². The molecule has 3 rings (SSSR count). The molecule has 96 valence electrons. The van der Waals surface area contributed by atoms with Gasteiger partial charge in [0.2, 0.25) is 0 Å². The van der Waals surface area contributed by atoms with Crippen molar-refractivity contribution in [1.82, 2.24) is 0 Å². The van der Waals surface area contributed by atoms with E-state index >= 15 is 0 Å². The predicted octanol–water partition coefficient (Wildman–Crippen LogP) is 3.05. The van der Waals surface area contributed by atoms with Crippen molar-refractivity contribution >= 4 is 5.78 Å². The second-order valence-corrected chi connectivity index (χ2v) is 4.50. The van der Waals surface area contributed by atoms with Gasteiger partial charge in [-0.1, -0.05) is 24.3 Å².